The molecule has 0 saturated carbocycles. The van der Waals surface area contributed by atoms with Crippen LogP contribution in [0.1, 0.15) is 62.2 Å². The lowest BCUT2D eigenvalue weighted by atomic mass is 9.81. The van der Waals surface area contributed by atoms with Crippen LogP contribution in [0.2, 0.25) is 0 Å². The predicted molar refractivity (Wildman–Crippen MR) is 110 cm³/mol. The Balaban J connectivity index is 2.15. The van der Waals surface area contributed by atoms with Crippen LogP contribution >= 0.6 is 0 Å². The Morgan fingerprint density at radius 3 is 2.40 bits per heavy atom. The van der Waals surface area contributed by atoms with Crippen LogP contribution < -0.4 is 10.2 Å². The largest absolute Gasteiger partial charge is 0.493 e. The summed E-state index contributed by atoms with van der Waals surface area (Å²) in [5.74, 6) is -2.48. The molecule has 1 N–H and O–H groups in total. The number of aryl methyl sites for hydroxylation is 1. The SMILES string of the molecule is COc1c([C@@H]2[C@H](C)[C@@H](C)O[C@H]2c2cc(=O)c(C(C)(C)OC)c(C)[nH]2)ccc(F)c1F. The van der Waals surface area contributed by atoms with Gasteiger partial charge < -0.3 is 19.2 Å². The number of hydrogen-bond acceptors (Lipinski definition) is 4. The van der Waals surface area contributed by atoms with Gasteiger partial charge in [0.25, 0.3) is 0 Å². The van der Waals surface area contributed by atoms with Crippen LogP contribution in [0.5, 0.6) is 5.75 Å². The lowest BCUT2D eigenvalue weighted by Gasteiger charge is -2.27. The van der Waals surface area contributed by atoms with Crippen molar-refractivity contribution in [1.82, 2.24) is 4.98 Å². The van der Waals surface area contributed by atoms with Gasteiger partial charge in [-0.3, -0.25) is 4.79 Å². The highest BCUT2D eigenvalue weighted by Crippen LogP contribution is 2.50. The van der Waals surface area contributed by atoms with Crippen molar-refractivity contribution in [2.75, 3.05) is 14.2 Å². The number of benzene rings is 1. The summed E-state index contributed by atoms with van der Waals surface area (Å²) in [6, 6.07) is 4.14. The average Bonchev–Trinajstić information content (AvgIpc) is 2.98. The summed E-state index contributed by atoms with van der Waals surface area (Å²) >= 11 is 0. The third-order valence-electron chi connectivity index (χ3n) is 6.30. The number of halogens is 2. The molecule has 5 nitrogen and oxygen atoms in total. The van der Waals surface area contributed by atoms with Gasteiger partial charge in [0.15, 0.2) is 17.0 Å². The van der Waals surface area contributed by atoms with Gasteiger partial charge in [-0.2, -0.15) is 4.39 Å². The van der Waals surface area contributed by atoms with E-state index in [2.05, 4.69) is 4.98 Å². The molecule has 1 saturated heterocycles. The Labute approximate surface area is 175 Å². The van der Waals surface area contributed by atoms with Crippen molar-refractivity contribution >= 4 is 0 Å². The summed E-state index contributed by atoms with van der Waals surface area (Å²) in [4.78, 5) is 16.3. The number of methoxy groups -OCH3 is 2. The Bertz CT molecular complexity index is 1000. The fourth-order valence-electron chi connectivity index (χ4n) is 4.45. The maximum atomic E-state index is 14.4. The highest BCUT2D eigenvalue weighted by atomic mass is 19.2. The first-order valence-corrected chi connectivity index (χ1v) is 10.00. The highest BCUT2D eigenvalue weighted by molar-refractivity contribution is 5.41. The van der Waals surface area contributed by atoms with Crippen molar-refractivity contribution in [2.45, 2.75) is 58.3 Å². The van der Waals surface area contributed by atoms with Crippen LogP contribution in [0.3, 0.4) is 0 Å². The molecule has 3 rings (SSSR count). The Hall–Kier alpha value is -2.25. The van der Waals surface area contributed by atoms with Gasteiger partial charge in [0.2, 0.25) is 5.82 Å². The van der Waals surface area contributed by atoms with Crippen LogP contribution in [-0.4, -0.2) is 25.3 Å². The molecule has 0 spiro atoms. The standard InChI is InChI=1S/C23H29F2NO4/c1-11-13(3)30-22(18(11)14-8-9-15(24)20(25)21(14)28-6)16-10-17(27)19(12(2)26-16)23(4,5)29-7/h8-11,13,18,22H,1-7H3,(H,26,27)/t11-,13-,18+,22+/m1/s1. The van der Waals surface area contributed by atoms with Gasteiger partial charge >= 0.3 is 0 Å². The minimum absolute atomic E-state index is 0.0207. The van der Waals surface area contributed by atoms with E-state index in [0.29, 0.717) is 22.5 Å². The van der Waals surface area contributed by atoms with Crippen molar-refractivity contribution in [1.29, 1.82) is 0 Å². The topological polar surface area (TPSA) is 60.6 Å². The summed E-state index contributed by atoms with van der Waals surface area (Å²) in [5.41, 5.74) is 1.39. The van der Waals surface area contributed by atoms with Crippen molar-refractivity contribution in [3.05, 3.63) is 62.6 Å². The van der Waals surface area contributed by atoms with Crippen LogP contribution in [0.15, 0.2) is 23.0 Å². The predicted octanol–water partition coefficient (Wildman–Crippen LogP) is 4.73. The molecule has 0 bridgehead atoms. The van der Waals surface area contributed by atoms with E-state index in [4.69, 9.17) is 14.2 Å². The molecule has 1 aromatic heterocycles. The van der Waals surface area contributed by atoms with Crippen molar-refractivity contribution in [3.8, 4) is 5.75 Å². The number of pyridine rings is 1. The first-order chi connectivity index (χ1) is 14.0. The summed E-state index contributed by atoms with van der Waals surface area (Å²) in [6.07, 6.45) is -0.698. The molecular formula is C23H29F2NO4. The molecule has 0 radical (unpaired) electrons. The first kappa shape index (κ1) is 22.4. The molecule has 4 atom stereocenters. The molecule has 1 aliphatic heterocycles. The quantitative estimate of drug-likeness (QED) is 0.758. The van der Waals surface area contributed by atoms with E-state index in [1.165, 1.54) is 19.2 Å². The second-order valence-corrected chi connectivity index (χ2v) is 8.43. The lowest BCUT2D eigenvalue weighted by molar-refractivity contribution is 0.0169. The van der Waals surface area contributed by atoms with Gasteiger partial charge in [-0.1, -0.05) is 13.0 Å². The van der Waals surface area contributed by atoms with E-state index >= 15 is 0 Å². The monoisotopic (exact) mass is 421 g/mol. The molecule has 2 aromatic rings. The molecule has 0 aliphatic carbocycles. The normalized spacial score (nSPS) is 24.3. The molecule has 30 heavy (non-hydrogen) atoms. The first-order valence-electron chi connectivity index (χ1n) is 10.00. The Morgan fingerprint density at radius 2 is 1.83 bits per heavy atom. The second kappa shape index (κ2) is 8.12. The van der Waals surface area contributed by atoms with Crippen molar-refractivity contribution in [3.63, 3.8) is 0 Å². The van der Waals surface area contributed by atoms with Gasteiger partial charge in [-0.05, 0) is 39.7 Å². The molecule has 1 aliphatic rings. The second-order valence-electron chi connectivity index (χ2n) is 8.43. The molecule has 2 heterocycles. The van der Waals surface area contributed by atoms with E-state index in [0.717, 1.165) is 6.07 Å². The minimum atomic E-state index is -1.03. The van der Waals surface area contributed by atoms with Crippen molar-refractivity contribution < 1.29 is 23.0 Å². The Morgan fingerprint density at radius 1 is 1.17 bits per heavy atom. The number of aromatic nitrogens is 1. The molecule has 7 heteroatoms. The highest BCUT2D eigenvalue weighted by Gasteiger charge is 2.44. The minimum Gasteiger partial charge on any atom is -0.493 e. The Kier molecular flexibility index (Phi) is 6.07. The number of aromatic amines is 1. The smallest absolute Gasteiger partial charge is 0.200 e. The van der Waals surface area contributed by atoms with Crippen LogP contribution in [0.4, 0.5) is 8.78 Å². The summed E-state index contributed by atoms with van der Waals surface area (Å²) in [5, 5.41) is 0. The molecular weight excluding hydrogens is 392 g/mol. The molecule has 164 valence electrons. The maximum absolute atomic E-state index is 14.4. The summed E-state index contributed by atoms with van der Waals surface area (Å²) in [7, 11) is 2.87. The van der Waals surface area contributed by atoms with Crippen LogP contribution in [-0.2, 0) is 15.1 Å². The van der Waals surface area contributed by atoms with E-state index in [1.807, 2.05) is 34.6 Å². The number of hydrogen-bond donors (Lipinski definition) is 1. The average molecular weight is 421 g/mol. The summed E-state index contributed by atoms with van der Waals surface area (Å²) in [6.45, 7) is 9.39. The third kappa shape index (κ3) is 3.65. The maximum Gasteiger partial charge on any atom is 0.200 e. The van der Waals surface area contributed by atoms with Crippen LogP contribution in [0.25, 0.3) is 0 Å². The molecule has 0 amide bonds. The van der Waals surface area contributed by atoms with Crippen molar-refractivity contribution in [2.24, 2.45) is 5.92 Å². The van der Waals surface area contributed by atoms with Gasteiger partial charge in [-0.25, -0.2) is 4.39 Å². The zero-order valence-electron chi connectivity index (χ0n) is 18.4. The van der Waals surface area contributed by atoms with Gasteiger partial charge in [0.05, 0.1) is 18.8 Å². The van der Waals surface area contributed by atoms with Gasteiger partial charge in [0.1, 0.15) is 6.10 Å². The third-order valence-corrected chi connectivity index (χ3v) is 6.30. The fourth-order valence-corrected chi connectivity index (χ4v) is 4.45. The number of rotatable bonds is 5. The number of H-pyrrole nitrogens is 1. The van der Waals surface area contributed by atoms with E-state index < -0.39 is 23.3 Å². The number of ether oxygens (including phenoxy) is 3. The number of nitrogens with one attached hydrogen (secondary N) is 1. The van der Waals surface area contributed by atoms with Gasteiger partial charge in [-0.15, -0.1) is 0 Å². The molecule has 1 fully saturated rings. The molecule has 0 unspecified atom stereocenters. The zero-order chi connectivity index (χ0) is 22.4. The van der Waals surface area contributed by atoms with E-state index in [1.54, 1.807) is 7.11 Å². The van der Waals surface area contributed by atoms with Crippen LogP contribution in [0, 0.1) is 24.5 Å². The lowest BCUT2D eigenvalue weighted by Crippen LogP contribution is -2.30. The molecule has 1 aromatic carbocycles. The van der Waals surface area contributed by atoms with Gasteiger partial charge in [0, 0.05) is 41.6 Å². The fraction of sp³-hybridized carbons (Fsp3) is 0.522. The summed E-state index contributed by atoms with van der Waals surface area (Å²) < 4.78 is 45.1. The zero-order valence-corrected chi connectivity index (χ0v) is 18.4. The van der Waals surface area contributed by atoms with E-state index in [-0.39, 0.29) is 29.1 Å². The van der Waals surface area contributed by atoms with E-state index in [9.17, 15) is 13.6 Å².